The highest BCUT2D eigenvalue weighted by Crippen LogP contribution is 2.34. The number of benzene rings is 1. The summed E-state index contributed by atoms with van der Waals surface area (Å²) in [5.74, 6) is -1.15. The van der Waals surface area contributed by atoms with E-state index in [0.717, 1.165) is 0 Å². The van der Waals surface area contributed by atoms with Gasteiger partial charge in [-0.15, -0.1) is 10.2 Å². The van der Waals surface area contributed by atoms with Crippen molar-refractivity contribution in [3.63, 3.8) is 0 Å². The summed E-state index contributed by atoms with van der Waals surface area (Å²) in [4.78, 5) is 24.5. The predicted molar refractivity (Wildman–Crippen MR) is 96.1 cm³/mol. The summed E-state index contributed by atoms with van der Waals surface area (Å²) in [6, 6.07) is 5.01. The normalized spacial score (nSPS) is 18.1. The van der Waals surface area contributed by atoms with E-state index in [1.54, 1.807) is 49.6 Å². The van der Waals surface area contributed by atoms with Gasteiger partial charge in [-0.1, -0.05) is 42.0 Å². The first-order chi connectivity index (χ1) is 12.6. The lowest BCUT2D eigenvalue weighted by molar-refractivity contribution is -0.120. The number of ether oxygens (including phenoxy) is 2. The Morgan fingerprint density at radius 3 is 2.92 bits per heavy atom. The van der Waals surface area contributed by atoms with Crippen LogP contribution in [-0.4, -0.2) is 32.1 Å². The molecule has 1 N–H and O–H groups in total. The van der Waals surface area contributed by atoms with Gasteiger partial charge in [0.05, 0.1) is 23.2 Å². The van der Waals surface area contributed by atoms with Crippen LogP contribution >= 0.6 is 11.6 Å². The summed E-state index contributed by atoms with van der Waals surface area (Å²) in [5, 5.41) is 10.4. The third kappa shape index (κ3) is 3.74. The van der Waals surface area contributed by atoms with Crippen LogP contribution in [0.25, 0.3) is 0 Å². The molecule has 2 aliphatic rings. The molecule has 0 saturated carbocycles. The van der Waals surface area contributed by atoms with Crippen LogP contribution in [-0.2, 0) is 14.3 Å². The highest BCUT2D eigenvalue weighted by atomic mass is 35.5. The zero-order chi connectivity index (χ0) is 18.5. The Labute approximate surface area is 155 Å². The lowest BCUT2D eigenvalue weighted by Gasteiger charge is -2.19. The van der Waals surface area contributed by atoms with Crippen molar-refractivity contribution in [3.05, 3.63) is 58.8 Å². The predicted octanol–water partition coefficient (Wildman–Crippen LogP) is 3.29. The number of rotatable bonds is 6. The minimum Gasteiger partial charge on any atom is -0.487 e. The van der Waals surface area contributed by atoms with E-state index in [0.29, 0.717) is 28.6 Å². The summed E-state index contributed by atoms with van der Waals surface area (Å²) in [6.07, 6.45) is 6.85. The number of fused-ring (bicyclic) bond motifs is 1. The smallest absolute Gasteiger partial charge is 0.276 e. The highest BCUT2D eigenvalue weighted by Gasteiger charge is 2.30. The lowest BCUT2D eigenvalue weighted by atomic mass is 9.91. The molecule has 1 aliphatic heterocycles. The molecule has 0 saturated heterocycles. The van der Waals surface area contributed by atoms with Gasteiger partial charge in [0.25, 0.3) is 11.8 Å². The van der Waals surface area contributed by atoms with Gasteiger partial charge in [-0.2, -0.15) is 0 Å². The summed E-state index contributed by atoms with van der Waals surface area (Å²) in [7, 11) is 1.56. The number of halogens is 1. The SMILES string of the molecule is COCCOc1c(Cl)cccc1NC(=O)C1=C2C=CC=CC2C(=O)N=N1. The van der Waals surface area contributed by atoms with Crippen LogP contribution in [0.4, 0.5) is 5.69 Å². The maximum Gasteiger partial charge on any atom is 0.276 e. The first-order valence-electron chi connectivity index (χ1n) is 7.88. The van der Waals surface area contributed by atoms with Gasteiger partial charge in [-0.3, -0.25) is 9.59 Å². The van der Waals surface area contributed by atoms with Crippen molar-refractivity contribution in [2.75, 3.05) is 25.6 Å². The topological polar surface area (TPSA) is 89.3 Å². The monoisotopic (exact) mass is 373 g/mol. The summed E-state index contributed by atoms with van der Waals surface area (Å²) < 4.78 is 10.6. The Hall–Kier alpha value is -2.77. The molecule has 1 atom stereocenters. The maximum atomic E-state index is 12.7. The summed E-state index contributed by atoms with van der Waals surface area (Å²) in [6.45, 7) is 0.657. The number of para-hydroxylation sites is 1. The van der Waals surface area contributed by atoms with Gasteiger partial charge in [-0.25, -0.2) is 0 Å². The van der Waals surface area contributed by atoms with Crippen LogP contribution in [0, 0.1) is 5.92 Å². The van der Waals surface area contributed by atoms with E-state index in [1.165, 1.54) is 0 Å². The second-order valence-corrected chi connectivity index (χ2v) is 5.88. The molecule has 1 unspecified atom stereocenters. The van der Waals surface area contributed by atoms with Crippen molar-refractivity contribution in [2.45, 2.75) is 0 Å². The number of methoxy groups -OCH3 is 1. The number of carbonyl (C=O) groups is 2. The largest absolute Gasteiger partial charge is 0.487 e. The zero-order valence-electron chi connectivity index (χ0n) is 13.9. The molecule has 8 heteroatoms. The average Bonchev–Trinajstić information content (AvgIpc) is 2.64. The number of hydrogen-bond donors (Lipinski definition) is 1. The fourth-order valence-electron chi connectivity index (χ4n) is 2.54. The second-order valence-electron chi connectivity index (χ2n) is 5.48. The molecule has 0 aromatic heterocycles. The molecule has 2 amide bonds. The van der Waals surface area contributed by atoms with Gasteiger partial charge < -0.3 is 14.8 Å². The van der Waals surface area contributed by atoms with E-state index in [1.807, 2.05) is 0 Å². The zero-order valence-corrected chi connectivity index (χ0v) is 14.7. The van der Waals surface area contributed by atoms with Gasteiger partial charge in [0.15, 0.2) is 11.4 Å². The molecule has 1 aliphatic carbocycles. The molecule has 0 spiro atoms. The van der Waals surface area contributed by atoms with Crippen molar-refractivity contribution >= 4 is 29.1 Å². The minimum atomic E-state index is -0.588. The Morgan fingerprint density at radius 1 is 1.27 bits per heavy atom. The van der Waals surface area contributed by atoms with E-state index in [-0.39, 0.29) is 12.3 Å². The fourth-order valence-corrected chi connectivity index (χ4v) is 2.77. The molecular weight excluding hydrogens is 358 g/mol. The van der Waals surface area contributed by atoms with E-state index in [2.05, 4.69) is 15.5 Å². The van der Waals surface area contributed by atoms with Gasteiger partial charge in [0.1, 0.15) is 6.61 Å². The molecule has 7 nitrogen and oxygen atoms in total. The van der Waals surface area contributed by atoms with Gasteiger partial charge in [-0.05, 0) is 12.1 Å². The second kappa shape index (κ2) is 8.07. The molecule has 0 fully saturated rings. The number of anilines is 1. The highest BCUT2D eigenvalue weighted by molar-refractivity contribution is 6.32. The van der Waals surface area contributed by atoms with E-state index >= 15 is 0 Å². The molecule has 26 heavy (non-hydrogen) atoms. The Bertz CT molecular complexity index is 858. The van der Waals surface area contributed by atoms with E-state index in [9.17, 15) is 9.59 Å². The van der Waals surface area contributed by atoms with Crippen molar-refractivity contribution in [3.8, 4) is 5.75 Å². The van der Waals surface area contributed by atoms with Crippen LogP contribution < -0.4 is 10.1 Å². The number of allylic oxidation sites excluding steroid dienone is 3. The molecule has 1 heterocycles. The number of nitrogens with zero attached hydrogens (tertiary/aromatic N) is 2. The first kappa shape index (κ1) is 18.0. The van der Waals surface area contributed by atoms with Crippen molar-refractivity contribution in [1.82, 2.24) is 0 Å². The molecular formula is C18H16ClN3O4. The van der Waals surface area contributed by atoms with Gasteiger partial charge in [0, 0.05) is 12.7 Å². The molecule has 1 aromatic rings. The molecule has 1 aromatic carbocycles. The quantitative estimate of drug-likeness (QED) is 0.775. The van der Waals surface area contributed by atoms with Crippen LogP contribution in [0.1, 0.15) is 0 Å². The third-order valence-electron chi connectivity index (χ3n) is 3.78. The van der Waals surface area contributed by atoms with Crippen LogP contribution in [0.5, 0.6) is 5.75 Å². The number of hydrogen-bond acceptors (Lipinski definition) is 5. The minimum absolute atomic E-state index is 0.0815. The number of azo groups is 1. The number of amides is 2. The fraction of sp³-hybridized carbons (Fsp3) is 0.222. The molecule has 3 rings (SSSR count). The van der Waals surface area contributed by atoms with Crippen molar-refractivity contribution in [2.24, 2.45) is 16.1 Å². The molecule has 0 bridgehead atoms. The molecule has 0 radical (unpaired) electrons. The number of carbonyl (C=O) groups excluding carboxylic acids is 2. The third-order valence-corrected chi connectivity index (χ3v) is 4.08. The Morgan fingerprint density at radius 2 is 2.12 bits per heavy atom. The van der Waals surface area contributed by atoms with E-state index < -0.39 is 17.7 Å². The standard InChI is InChI=1S/C18H16ClN3O4/c1-25-9-10-26-16-13(19)7-4-8-14(16)20-18(24)15-11-5-2-3-6-12(11)17(23)22-21-15/h2-8,12H,9-10H2,1H3,(H,20,24). The maximum absolute atomic E-state index is 12.7. The van der Waals surface area contributed by atoms with Crippen molar-refractivity contribution < 1.29 is 19.1 Å². The van der Waals surface area contributed by atoms with Crippen LogP contribution in [0.15, 0.2) is 64.0 Å². The van der Waals surface area contributed by atoms with Gasteiger partial charge >= 0.3 is 0 Å². The van der Waals surface area contributed by atoms with Gasteiger partial charge in [0.2, 0.25) is 0 Å². The summed E-state index contributed by atoms with van der Waals surface area (Å²) >= 11 is 6.17. The number of nitrogens with one attached hydrogen (secondary N) is 1. The van der Waals surface area contributed by atoms with Crippen LogP contribution in [0.3, 0.4) is 0 Å². The Balaban J connectivity index is 1.86. The van der Waals surface area contributed by atoms with E-state index in [4.69, 9.17) is 21.1 Å². The summed E-state index contributed by atoms with van der Waals surface area (Å²) in [5.41, 5.74) is 0.984. The van der Waals surface area contributed by atoms with Crippen molar-refractivity contribution in [1.29, 1.82) is 0 Å². The average molecular weight is 374 g/mol. The lowest BCUT2D eigenvalue weighted by Crippen LogP contribution is -2.24. The molecule has 134 valence electrons. The first-order valence-corrected chi connectivity index (χ1v) is 8.26. The van der Waals surface area contributed by atoms with Crippen LogP contribution in [0.2, 0.25) is 5.02 Å². The Kier molecular flexibility index (Phi) is 5.60.